The molecular weight excluding hydrogens is 404 g/mol. The third kappa shape index (κ3) is 3.90. The SMILES string of the molecule is Cc1cc(C(=O)NCc2ccnc(N3CCCC3)c2)c(C)n1-c1ccc2c(c1)OCCO2. The molecule has 1 amide bonds. The van der Waals surface area contributed by atoms with Gasteiger partial charge in [0.25, 0.3) is 5.91 Å². The summed E-state index contributed by atoms with van der Waals surface area (Å²) in [6, 6.07) is 11.8. The van der Waals surface area contributed by atoms with Crippen molar-refractivity contribution in [3.63, 3.8) is 0 Å². The summed E-state index contributed by atoms with van der Waals surface area (Å²) in [7, 11) is 0. The molecule has 0 unspecified atom stereocenters. The van der Waals surface area contributed by atoms with Gasteiger partial charge in [-0.1, -0.05) is 0 Å². The van der Waals surface area contributed by atoms with E-state index in [1.54, 1.807) is 0 Å². The fourth-order valence-corrected chi connectivity index (χ4v) is 4.53. The molecule has 0 spiro atoms. The minimum atomic E-state index is -0.0820. The number of carbonyl (C=O) groups excluding carboxylic acids is 1. The van der Waals surface area contributed by atoms with Crippen LogP contribution in [-0.2, 0) is 6.54 Å². The Bertz CT molecular complexity index is 1150. The molecule has 1 N–H and O–H groups in total. The van der Waals surface area contributed by atoms with E-state index in [2.05, 4.69) is 25.8 Å². The maximum atomic E-state index is 13.0. The van der Waals surface area contributed by atoms with Crippen molar-refractivity contribution in [2.24, 2.45) is 0 Å². The summed E-state index contributed by atoms with van der Waals surface area (Å²) >= 11 is 0. The summed E-state index contributed by atoms with van der Waals surface area (Å²) in [5.74, 6) is 2.40. The molecule has 0 aliphatic carbocycles. The first-order chi connectivity index (χ1) is 15.6. The molecule has 0 radical (unpaired) electrons. The van der Waals surface area contributed by atoms with Crippen LogP contribution in [0.5, 0.6) is 11.5 Å². The number of fused-ring (bicyclic) bond motifs is 1. The summed E-state index contributed by atoms with van der Waals surface area (Å²) in [6.07, 6.45) is 4.24. The number of carbonyl (C=O) groups is 1. The van der Waals surface area contributed by atoms with Gasteiger partial charge in [-0.25, -0.2) is 4.98 Å². The van der Waals surface area contributed by atoms with Crippen LogP contribution in [0.3, 0.4) is 0 Å². The van der Waals surface area contributed by atoms with Gasteiger partial charge in [-0.2, -0.15) is 0 Å². The number of aryl methyl sites for hydroxylation is 1. The van der Waals surface area contributed by atoms with Crippen LogP contribution >= 0.6 is 0 Å². The van der Waals surface area contributed by atoms with Gasteiger partial charge in [-0.15, -0.1) is 0 Å². The van der Waals surface area contributed by atoms with Gasteiger partial charge in [0.1, 0.15) is 19.0 Å². The second-order valence-corrected chi connectivity index (χ2v) is 8.35. The van der Waals surface area contributed by atoms with Crippen LogP contribution in [0, 0.1) is 13.8 Å². The first kappa shape index (κ1) is 20.4. The predicted molar refractivity (Wildman–Crippen MR) is 123 cm³/mol. The molecule has 5 rings (SSSR count). The number of aromatic nitrogens is 2. The van der Waals surface area contributed by atoms with Gasteiger partial charge in [0.2, 0.25) is 0 Å². The number of hydrogen-bond donors (Lipinski definition) is 1. The van der Waals surface area contributed by atoms with Gasteiger partial charge in [0.05, 0.1) is 5.56 Å². The summed E-state index contributed by atoms with van der Waals surface area (Å²) in [4.78, 5) is 19.8. The van der Waals surface area contributed by atoms with Gasteiger partial charge >= 0.3 is 0 Å². The Kier molecular flexibility index (Phi) is 5.47. The van der Waals surface area contributed by atoms with E-state index in [9.17, 15) is 4.79 Å². The lowest BCUT2D eigenvalue weighted by molar-refractivity contribution is 0.0950. The van der Waals surface area contributed by atoms with Crippen molar-refractivity contribution in [3.8, 4) is 17.2 Å². The smallest absolute Gasteiger partial charge is 0.253 e. The number of nitrogens with one attached hydrogen (secondary N) is 1. The molecule has 0 saturated carbocycles. The number of anilines is 1. The van der Waals surface area contributed by atoms with Gasteiger partial charge in [-0.05, 0) is 62.6 Å². The van der Waals surface area contributed by atoms with Crippen molar-refractivity contribution in [3.05, 3.63) is 65.1 Å². The van der Waals surface area contributed by atoms with Crippen molar-refractivity contribution in [1.82, 2.24) is 14.9 Å². The number of pyridine rings is 1. The van der Waals surface area contributed by atoms with Crippen LogP contribution in [0.25, 0.3) is 5.69 Å². The zero-order valence-corrected chi connectivity index (χ0v) is 18.6. The summed E-state index contributed by atoms with van der Waals surface area (Å²) in [5.41, 5.74) is 4.56. The van der Waals surface area contributed by atoms with Crippen molar-refractivity contribution in [1.29, 1.82) is 0 Å². The van der Waals surface area contributed by atoms with Crippen molar-refractivity contribution < 1.29 is 14.3 Å². The van der Waals surface area contributed by atoms with Crippen molar-refractivity contribution in [2.75, 3.05) is 31.2 Å². The average Bonchev–Trinajstić information content (AvgIpc) is 3.46. The zero-order chi connectivity index (χ0) is 22.1. The quantitative estimate of drug-likeness (QED) is 0.664. The van der Waals surface area contributed by atoms with Crippen molar-refractivity contribution >= 4 is 11.7 Å². The Morgan fingerprint density at radius 2 is 1.81 bits per heavy atom. The van der Waals surface area contributed by atoms with Crippen LogP contribution in [0.1, 0.15) is 40.2 Å². The van der Waals surface area contributed by atoms with E-state index in [1.165, 1.54) is 12.8 Å². The predicted octanol–water partition coefficient (Wildman–Crippen LogP) is 3.79. The normalized spacial score (nSPS) is 15.1. The van der Waals surface area contributed by atoms with Gasteiger partial charge in [-0.3, -0.25) is 4.79 Å². The Morgan fingerprint density at radius 1 is 1.03 bits per heavy atom. The van der Waals surface area contributed by atoms with Crippen LogP contribution < -0.4 is 19.7 Å². The lowest BCUT2D eigenvalue weighted by Gasteiger charge is -2.20. The van der Waals surface area contributed by atoms with Crippen LogP contribution in [0.4, 0.5) is 5.82 Å². The second kappa shape index (κ2) is 8.57. The number of ether oxygens (including phenoxy) is 2. The lowest BCUT2D eigenvalue weighted by Crippen LogP contribution is -2.24. The molecule has 1 saturated heterocycles. The largest absolute Gasteiger partial charge is 0.486 e. The molecule has 32 heavy (non-hydrogen) atoms. The molecule has 2 aliphatic rings. The molecule has 2 aliphatic heterocycles. The van der Waals surface area contributed by atoms with E-state index in [-0.39, 0.29) is 5.91 Å². The minimum absolute atomic E-state index is 0.0820. The Balaban J connectivity index is 1.32. The average molecular weight is 433 g/mol. The van der Waals surface area contributed by atoms with E-state index in [0.717, 1.165) is 53.0 Å². The van der Waals surface area contributed by atoms with E-state index in [1.807, 2.05) is 50.4 Å². The van der Waals surface area contributed by atoms with Crippen LogP contribution in [-0.4, -0.2) is 41.8 Å². The molecule has 166 valence electrons. The molecule has 7 heteroatoms. The van der Waals surface area contributed by atoms with Crippen molar-refractivity contribution in [2.45, 2.75) is 33.2 Å². The van der Waals surface area contributed by atoms with Crippen LogP contribution in [0.15, 0.2) is 42.6 Å². The summed E-state index contributed by atoms with van der Waals surface area (Å²) in [6.45, 7) is 7.65. The van der Waals surface area contributed by atoms with E-state index >= 15 is 0 Å². The number of nitrogens with zero attached hydrogens (tertiary/aromatic N) is 3. The van der Waals surface area contributed by atoms with E-state index in [4.69, 9.17) is 9.47 Å². The summed E-state index contributed by atoms with van der Waals surface area (Å²) < 4.78 is 13.4. The number of benzene rings is 1. The zero-order valence-electron chi connectivity index (χ0n) is 18.6. The Morgan fingerprint density at radius 3 is 2.62 bits per heavy atom. The van der Waals surface area contributed by atoms with E-state index in [0.29, 0.717) is 25.3 Å². The van der Waals surface area contributed by atoms with Gasteiger partial charge in [0, 0.05) is 49.0 Å². The first-order valence-corrected chi connectivity index (χ1v) is 11.2. The highest BCUT2D eigenvalue weighted by Crippen LogP contribution is 2.33. The maximum Gasteiger partial charge on any atom is 0.253 e. The highest BCUT2D eigenvalue weighted by Gasteiger charge is 2.19. The topological polar surface area (TPSA) is 68.6 Å². The van der Waals surface area contributed by atoms with Crippen LogP contribution in [0.2, 0.25) is 0 Å². The molecule has 1 aromatic carbocycles. The Labute approximate surface area is 188 Å². The maximum absolute atomic E-state index is 13.0. The fraction of sp³-hybridized carbons (Fsp3) is 0.360. The second-order valence-electron chi connectivity index (χ2n) is 8.35. The molecule has 0 bridgehead atoms. The monoisotopic (exact) mass is 432 g/mol. The molecule has 3 aromatic rings. The molecule has 7 nitrogen and oxygen atoms in total. The molecule has 2 aromatic heterocycles. The first-order valence-electron chi connectivity index (χ1n) is 11.2. The Hall–Kier alpha value is -3.48. The highest BCUT2D eigenvalue weighted by molar-refractivity contribution is 5.95. The van der Waals surface area contributed by atoms with E-state index < -0.39 is 0 Å². The van der Waals surface area contributed by atoms with Gasteiger partial charge in [0.15, 0.2) is 11.5 Å². The van der Waals surface area contributed by atoms with Gasteiger partial charge < -0.3 is 24.3 Å². The summed E-state index contributed by atoms with van der Waals surface area (Å²) in [5, 5.41) is 3.07. The number of hydrogen-bond acceptors (Lipinski definition) is 5. The molecule has 0 atom stereocenters. The molecule has 1 fully saturated rings. The number of rotatable bonds is 5. The molecular formula is C25H28N4O3. The minimum Gasteiger partial charge on any atom is -0.486 e. The third-order valence-electron chi connectivity index (χ3n) is 6.15. The fourth-order valence-electron chi connectivity index (χ4n) is 4.53. The molecule has 4 heterocycles. The number of amides is 1. The highest BCUT2D eigenvalue weighted by atomic mass is 16.6. The standard InChI is InChI=1S/C25H28N4O3/c1-17-13-21(18(2)29(17)20-5-6-22-23(15-20)32-12-11-31-22)25(30)27-16-19-7-8-26-24(14-19)28-9-3-4-10-28/h5-8,13-15H,3-4,9-12,16H2,1-2H3,(H,27,30). The third-order valence-corrected chi connectivity index (χ3v) is 6.15. The lowest BCUT2D eigenvalue weighted by atomic mass is 10.2.